The molecule has 1 aliphatic heterocycles. The van der Waals surface area contributed by atoms with Gasteiger partial charge >= 0.3 is 0 Å². The molecule has 8 heteroatoms. The Morgan fingerprint density at radius 3 is 2.89 bits per heavy atom. The average Bonchev–Trinajstić information content (AvgIpc) is 2.72. The zero-order chi connectivity index (χ0) is 18.6. The molecule has 3 heterocycles. The number of anilines is 1. The van der Waals surface area contributed by atoms with E-state index in [1.807, 2.05) is 12.1 Å². The minimum atomic E-state index is -0.478. The van der Waals surface area contributed by atoms with Crippen LogP contribution >= 0.6 is 0 Å². The summed E-state index contributed by atoms with van der Waals surface area (Å²) in [5, 5.41) is 2.86. The van der Waals surface area contributed by atoms with Crippen LogP contribution in [0.5, 0.6) is 0 Å². The Hall–Kier alpha value is -3.29. The summed E-state index contributed by atoms with van der Waals surface area (Å²) in [7, 11) is 0. The maximum atomic E-state index is 12.5. The van der Waals surface area contributed by atoms with Crippen molar-refractivity contribution in [3.05, 3.63) is 58.8 Å². The van der Waals surface area contributed by atoms with E-state index in [2.05, 4.69) is 30.2 Å². The molecule has 3 aromatic rings. The van der Waals surface area contributed by atoms with Crippen molar-refractivity contribution in [2.75, 3.05) is 24.5 Å². The first-order valence-electron chi connectivity index (χ1n) is 9.00. The van der Waals surface area contributed by atoms with Crippen LogP contribution in [0, 0.1) is 5.92 Å². The number of nitrogens with zero attached hydrogens (tertiary/aromatic N) is 4. The van der Waals surface area contributed by atoms with Crippen molar-refractivity contribution in [1.82, 2.24) is 25.3 Å². The van der Waals surface area contributed by atoms with E-state index in [4.69, 9.17) is 0 Å². The Balaban J connectivity index is 1.42. The lowest BCUT2D eigenvalue weighted by molar-refractivity contribution is 0.0939. The number of fused-ring (bicyclic) bond motifs is 1. The van der Waals surface area contributed by atoms with Crippen LogP contribution in [0.15, 0.2) is 47.5 Å². The fraction of sp³-hybridized carbons (Fsp3) is 0.316. The number of carbonyl (C=O) groups excluding carboxylic acids is 1. The first kappa shape index (κ1) is 17.1. The number of hydrogen-bond acceptors (Lipinski definition) is 6. The lowest BCUT2D eigenvalue weighted by Gasteiger charge is -2.32. The van der Waals surface area contributed by atoms with Gasteiger partial charge in [-0.2, -0.15) is 0 Å². The molecule has 1 atom stereocenters. The summed E-state index contributed by atoms with van der Waals surface area (Å²) in [5.74, 6) is 0.530. The first-order chi connectivity index (χ1) is 13.2. The lowest BCUT2D eigenvalue weighted by atomic mass is 9.98. The Morgan fingerprint density at radius 2 is 2.04 bits per heavy atom. The Labute approximate surface area is 155 Å². The van der Waals surface area contributed by atoms with Crippen LogP contribution in [0.1, 0.15) is 23.3 Å². The number of aromatic amines is 1. The zero-order valence-corrected chi connectivity index (χ0v) is 14.8. The fourth-order valence-electron chi connectivity index (χ4n) is 3.37. The molecule has 8 nitrogen and oxygen atoms in total. The second-order valence-corrected chi connectivity index (χ2v) is 6.64. The van der Waals surface area contributed by atoms with Crippen molar-refractivity contribution in [2.45, 2.75) is 12.8 Å². The van der Waals surface area contributed by atoms with E-state index in [-0.39, 0.29) is 11.6 Å². The minimum Gasteiger partial charge on any atom is -0.350 e. The highest BCUT2D eigenvalue weighted by atomic mass is 16.2. The molecule has 1 saturated heterocycles. The molecule has 1 fully saturated rings. The van der Waals surface area contributed by atoms with Gasteiger partial charge in [0, 0.05) is 32.0 Å². The second-order valence-electron chi connectivity index (χ2n) is 6.64. The summed E-state index contributed by atoms with van der Waals surface area (Å²) < 4.78 is 0. The standard InChI is InChI=1S/C19H20N6O2/c26-17(16-18(27)24-15-7-2-1-6-14(15)23-16)22-11-13-5-3-10-25(12-13)19-20-8-4-9-21-19/h1-2,4,6-9,13H,3,5,10-12H2,(H,22,26)(H,24,27)/t13-/m1/s1. The predicted molar refractivity (Wildman–Crippen MR) is 102 cm³/mol. The van der Waals surface area contributed by atoms with Gasteiger partial charge in [-0.15, -0.1) is 0 Å². The summed E-state index contributed by atoms with van der Waals surface area (Å²) in [6.45, 7) is 2.16. The monoisotopic (exact) mass is 364 g/mol. The van der Waals surface area contributed by atoms with Crippen LogP contribution < -0.4 is 15.8 Å². The van der Waals surface area contributed by atoms with Crippen molar-refractivity contribution in [2.24, 2.45) is 5.92 Å². The van der Waals surface area contributed by atoms with Crippen molar-refractivity contribution < 1.29 is 4.79 Å². The number of hydrogen-bond donors (Lipinski definition) is 2. The molecule has 2 aromatic heterocycles. The highest BCUT2D eigenvalue weighted by Gasteiger charge is 2.23. The average molecular weight is 364 g/mol. The SMILES string of the molecule is O=C(NC[C@H]1CCCN(c2ncccn2)C1)c1nc2ccccc2[nH]c1=O. The third-order valence-electron chi connectivity index (χ3n) is 4.72. The van der Waals surface area contributed by atoms with Gasteiger partial charge in [-0.25, -0.2) is 15.0 Å². The van der Waals surface area contributed by atoms with Gasteiger partial charge in [-0.3, -0.25) is 9.59 Å². The molecule has 2 N–H and O–H groups in total. The fourth-order valence-corrected chi connectivity index (χ4v) is 3.37. The van der Waals surface area contributed by atoms with E-state index < -0.39 is 11.5 Å². The van der Waals surface area contributed by atoms with E-state index >= 15 is 0 Å². The van der Waals surface area contributed by atoms with Gasteiger partial charge in [0.25, 0.3) is 11.5 Å². The smallest absolute Gasteiger partial charge is 0.280 e. The van der Waals surface area contributed by atoms with Gasteiger partial charge in [0.2, 0.25) is 5.95 Å². The Morgan fingerprint density at radius 1 is 1.22 bits per heavy atom. The molecule has 138 valence electrons. The topological polar surface area (TPSA) is 104 Å². The number of nitrogens with one attached hydrogen (secondary N) is 2. The van der Waals surface area contributed by atoms with E-state index in [1.165, 1.54) is 0 Å². The number of rotatable bonds is 4. The van der Waals surface area contributed by atoms with Crippen molar-refractivity contribution >= 4 is 22.9 Å². The van der Waals surface area contributed by atoms with Crippen molar-refractivity contribution in [3.8, 4) is 0 Å². The Kier molecular flexibility index (Phi) is 4.78. The molecule has 4 rings (SSSR count). The van der Waals surface area contributed by atoms with Gasteiger partial charge < -0.3 is 15.2 Å². The van der Waals surface area contributed by atoms with Gasteiger partial charge in [-0.1, -0.05) is 12.1 Å². The third-order valence-corrected chi connectivity index (χ3v) is 4.72. The summed E-state index contributed by atoms with van der Waals surface area (Å²) in [5.41, 5.74) is 0.624. The molecule has 1 aromatic carbocycles. The maximum Gasteiger partial charge on any atom is 0.280 e. The molecule has 0 unspecified atom stereocenters. The molecule has 1 amide bonds. The molecule has 0 aliphatic carbocycles. The molecule has 27 heavy (non-hydrogen) atoms. The molecular weight excluding hydrogens is 344 g/mol. The molecule has 0 saturated carbocycles. The molecule has 1 aliphatic rings. The van der Waals surface area contributed by atoms with Crippen LogP contribution in [-0.4, -0.2) is 45.5 Å². The quantitative estimate of drug-likeness (QED) is 0.724. The third kappa shape index (κ3) is 3.79. The van der Waals surface area contributed by atoms with Crippen LogP contribution in [0.25, 0.3) is 11.0 Å². The number of H-pyrrole nitrogens is 1. The number of para-hydroxylation sites is 2. The van der Waals surface area contributed by atoms with E-state index in [0.29, 0.717) is 23.5 Å². The van der Waals surface area contributed by atoms with Crippen molar-refractivity contribution in [1.29, 1.82) is 0 Å². The van der Waals surface area contributed by atoms with Gasteiger partial charge in [0.05, 0.1) is 11.0 Å². The highest BCUT2D eigenvalue weighted by molar-refractivity contribution is 5.93. The number of benzene rings is 1. The maximum absolute atomic E-state index is 12.5. The number of carbonyl (C=O) groups is 1. The van der Waals surface area contributed by atoms with Crippen LogP contribution in [0.3, 0.4) is 0 Å². The van der Waals surface area contributed by atoms with Gasteiger partial charge in [0.15, 0.2) is 5.69 Å². The highest BCUT2D eigenvalue weighted by Crippen LogP contribution is 2.19. The number of piperidine rings is 1. The predicted octanol–water partition coefficient (Wildman–Crippen LogP) is 1.36. The van der Waals surface area contributed by atoms with Gasteiger partial charge in [-0.05, 0) is 37.0 Å². The summed E-state index contributed by atoms with van der Waals surface area (Å²) in [6, 6.07) is 8.94. The van der Waals surface area contributed by atoms with E-state index in [1.54, 1.807) is 30.6 Å². The van der Waals surface area contributed by atoms with E-state index in [0.717, 1.165) is 25.9 Å². The molecular formula is C19H20N6O2. The van der Waals surface area contributed by atoms with Gasteiger partial charge in [0.1, 0.15) is 0 Å². The number of amides is 1. The zero-order valence-electron chi connectivity index (χ0n) is 14.8. The number of aromatic nitrogens is 4. The summed E-state index contributed by atoms with van der Waals surface area (Å²) >= 11 is 0. The normalized spacial score (nSPS) is 17.0. The van der Waals surface area contributed by atoms with E-state index in [9.17, 15) is 9.59 Å². The summed E-state index contributed by atoms with van der Waals surface area (Å²) in [4.78, 5) is 42.3. The second kappa shape index (κ2) is 7.53. The lowest BCUT2D eigenvalue weighted by Crippen LogP contribution is -2.42. The minimum absolute atomic E-state index is 0.104. The van der Waals surface area contributed by atoms with Crippen molar-refractivity contribution in [3.63, 3.8) is 0 Å². The Bertz CT molecular complexity index is 1000. The van der Waals surface area contributed by atoms with Crippen LogP contribution in [0.4, 0.5) is 5.95 Å². The van der Waals surface area contributed by atoms with Crippen LogP contribution in [-0.2, 0) is 0 Å². The molecule has 0 spiro atoms. The molecule has 0 radical (unpaired) electrons. The van der Waals surface area contributed by atoms with Crippen LogP contribution in [0.2, 0.25) is 0 Å². The first-order valence-corrected chi connectivity index (χ1v) is 9.00. The largest absolute Gasteiger partial charge is 0.350 e. The molecule has 0 bridgehead atoms. The summed E-state index contributed by atoms with van der Waals surface area (Å²) in [6.07, 6.45) is 5.47.